The highest BCUT2D eigenvalue weighted by atomic mass is 19.4. The second-order valence-electron chi connectivity index (χ2n) is 4.75. The lowest BCUT2D eigenvalue weighted by molar-refractivity contribution is -0.141. The van der Waals surface area contributed by atoms with Crippen LogP contribution in [0.4, 0.5) is 19.1 Å². The molecule has 0 aromatic carbocycles. The molecule has 0 aliphatic carbocycles. The Kier molecular flexibility index (Phi) is 7.25. The topological polar surface area (TPSA) is 47.0 Å². The van der Waals surface area contributed by atoms with E-state index in [2.05, 4.69) is 22.2 Å². The van der Waals surface area contributed by atoms with Crippen molar-refractivity contribution in [3.63, 3.8) is 0 Å². The molecule has 120 valence electrons. The van der Waals surface area contributed by atoms with Crippen LogP contribution in [0.1, 0.15) is 51.6 Å². The molecule has 0 fully saturated rings. The first-order valence-corrected chi connectivity index (χ1v) is 7.30. The highest BCUT2D eigenvalue weighted by Crippen LogP contribution is 2.30. The number of aromatic nitrogens is 2. The number of halogens is 3. The molecule has 0 atom stereocenters. The average Bonchev–Trinajstić information content (AvgIpc) is 2.44. The van der Waals surface area contributed by atoms with Crippen LogP contribution in [-0.2, 0) is 6.18 Å². The van der Waals surface area contributed by atoms with Crippen molar-refractivity contribution in [3.05, 3.63) is 11.8 Å². The maximum absolute atomic E-state index is 12.8. The van der Waals surface area contributed by atoms with E-state index in [9.17, 15) is 13.2 Å². The van der Waals surface area contributed by atoms with Crippen molar-refractivity contribution < 1.29 is 17.9 Å². The molecule has 4 nitrogen and oxygen atoms in total. The van der Waals surface area contributed by atoms with Gasteiger partial charge in [0, 0.05) is 12.6 Å². The fourth-order valence-corrected chi connectivity index (χ4v) is 1.67. The molecule has 21 heavy (non-hydrogen) atoms. The summed E-state index contributed by atoms with van der Waals surface area (Å²) in [6.07, 6.45) is 0.241. The largest absolute Gasteiger partial charge is 0.478 e. The molecule has 0 unspecified atom stereocenters. The van der Waals surface area contributed by atoms with Gasteiger partial charge in [-0.05, 0) is 12.8 Å². The van der Waals surface area contributed by atoms with Crippen LogP contribution in [0.5, 0.6) is 5.88 Å². The molecule has 1 aromatic rings. The van der Waals surface area contributed by atoms with E-state index in [4.69, 9.17) is 4.74 Å². The van der Waals surface area contributed by atoms with E-state index in [1.165, 1.54) is 0 Å². The van der Waals surface area contributed by atoms with E-state index in [1.54, 1.807) is 0 Å². The van der Waals surface area contributed by atoms with E-state index in [0.717, 1.165) is 38.2 Å². The Morgan fingerprint density at radius 1 is 1.10 bits per heavy atom. The SMILES string of the molecule is CCCCCCOc1cc(C(F)(F)F)nc(NCCC)n1. The van der Waals surface area contributed by atoms with Crippen molar-refractivity contribution >= 4 is 5.95 Å². The molecule has 0 aliphatic heterocycles. The van der Waals surface area contributed by atoms with Gasteiger partial charge in [-0.2, -0.15) is 18.2 Å². The molecule has 1 aromatic heterocycles. The zero-order chi connectivity index (χ0) is 15.7. The number of nitrogens with zero attached hydrogens (tertiary/aromatic N) is 2. The summed E-state index contributed by atoms with van der Waals surface area (Å²) in [6.45, 7) is 4.87. The number of unbranched alkanes of at least 4 members (excludes halogenated alkanes) is 3. The molecule has 1 rings (SSSR count). The highest BCUT2D eigenvalue weighted by molar-refractivity contribution is 5.31. The first kappa shape index (κ1) is 17.5. The first-order valence-electron chi connectivity index (χ1n) is 7.30. The molecule has 0 amide bonds. The van der Waals surface area contributed by atoms with Crippen molar-refractivity contribution in [1.29, 1.82) is 0 Å². The third-order valence-corrected chi connectivity index (χ3v) is 2.77. The van der Waals surface area contributed by atoms with E-state index < -0.39 is 11.9 Å². The molecule has 7 heteroatoms. The number of ether oxygens (including phenoxy) is 1. The minimum Gasteiger partial charge on any atom is -0.478 e. The van der Waals surface area contributed by atoms with Crippen molar-refractivity contribution in [2.45, 2.75) is 52.1 Å². The van der Waals surface area contributed by atoms with E-state index in [-0.39, 0.29) is 11.8 Å². The van der Waals surface area contributed by atoms with Gasteiger partial charge in [0.05, 0.1) is 6.61 Å². The highest BCUT2D eigenvalue weighted by Gasteiger charge is 2.34. The number of rotatable bonds is 9. The quantitative estimate of drug-likeness (QED) is 0.692. The molecule has 0 bridgehead atoms. The maximum Gasteiger partial charge on any atom is 0.433 e. The predicted molar refractivity (Wildman–Crippen MR) is 75.5 cm³/mol. The van der Waals surface area contributed by atoms with Gasteiger partial charge in [-0.15, -0.1) is 0 Å². The van der Waals surface area contributed by atoms with Gasteiger partial charge in [-0.3, -0.25) is 0 Å². The molecule has 0 spiro atoms. The lowest BCUT2D eigenvalue weighted by Crippen LogP contribution is -2.13. The number of anilines is 1. The summed E-state index contributed by atoms with van der Waals surface area (Å²) in [7, 11) is 0. The lowest BCUT2D eigenvalue weighted by atomic mass is 10.2. The van der Waals surface area contributed by atoms with Crippen LogP contribution in [0.2, 0.25) is 0 Å². The van der Waals surface area contributed by atoms with Gasteiger partial charge >= 0.3 is 6.18 Å². The Bertz CT molecular complexity index is 424. The van der Waals surface area contributed by atoms with Crippen LogP contribution in [-0.4, -0.2) is 23.1 Å². The van der Waals surface area contributed by atoms with Crippen molar-refractivity contribution in [3.8, 4) is 5.88 Å². The van der Waals surface area contributed by atoms with E-state index >= 15 is 0 Å². The smallest absolute Gasteiger partial charge is 0.433 e. The molecule has 1 N–H and O–H groups in total. The van der Waals surface area contributed by atoms with Crippen LogP contribution in [0, 0.1) is 0 Å². The fraction of sp³-hybridized carbons (Fsp3) is 0.714. The fourth-order valence-electron chi connectivity index (χ4n) is 1.67. The predicted octanol–water partition coefficient (Wildman–Crippen LogP) is 4.28. The summed E-state index contributed by atoms with van der Waals surface area (Å²) in [6, 6.07) is 0.844. The van der Waals surface area contributed by atoms with Crippen molar-refractivity contribution in [2.24, 2.45) is 0 Å². The molecular formula is C14H22F3N3O. The average molecular weight is 305 g/mol. The van der Waals surface area contributed by atoms with Crippen LogP contribution < -0.4 is 10.1 Å². The molecule has 0 saturated heterocycles. The van der Waals surface area contributed by atoms with Crippen LogP contribution in [0.15, 0.2) is 6.07 Å². The van der Waals surface area contributed by atoms with Gasteiger partial charge in [0.25, 0.3) is 0 Å². The Morgan fingerprint density at radius 3 is 2.48 bits per heavy atom. The van der Waals surface area contributed by atoms with E-state index in [1.807, 2.05) is 6.92 Å². The van der Waals surface area contributed by atoms with Crippen LogP contribution >= 0.6 is 0 Å². The van der Waals surface area contributed by atoms with Gasteiger partial charge < -0.3 is 10.1 Å². The third-order valence-electron chi connectivity index (χ3n) is 2.77. The van der Waals surface area contributed by atoms with Gasteiger partial charge in [0.1, 0.15) is 0 Å². The maximum atomic E-state index is 12.8. The lowest BCUT2D eigenvalue weighted by Gasteiger charge is -2.12. The summed E-state index contributed by atoms with van der Waals surface area (Å²) in [5.41, 5.74) is -0.986. The normalized spacial score (nSPS) is 11.5. The second-order valence-corrected chi connectivity index (χ2v) is 4.75. The summed E-state index contributed by atoms with van der Waals surface area (Å²) in [5.74, 6) is -0.0809. The minimum atomic E-state index is -4.51. The molecule has 1 heterocycles. The zero-order valence-electron chi connectivity index (χ0n) is 12.5. The second kappa shape index (κ2) is 8.69. The molecule has 0 saturated carbocycles. The van der Waals surface area contributed by atoms with Gasteiger partial charge in [-0.1, -0.05) is 33.1 Å². The monoisotopic (exact) mass is 305 g/mol. The molecule has 0 radical (unpaired) electrons. The summed E-state index contributed by atoms with van der Waals surface area (Å²) < 4.78 is 43.7. The number of alkyl halides is 3. The summed E-state index contributed by atoms with van der Waals surface area (Å²) >= 11 is 0. The Hall–Kier alpha value is -1.53. The standard InChI is InChI=1S/C14H22F3N3O/c1-3-5-6-7-9-21-12-10-11(14(15,16)17)19-13(20-12)18-8-4-2/h10H,3-9H2,1-2H3,(H,18,19,20). The Balaban J connectivity index is 2.72. The van der Waals surface area contributed by atoms with Crippen molar-refractivity contribution in [1.82, 2.24) is 9.97 Å². The van der Waals surface area contributed by atoms with Crippen LogP contribution in [0.25, 0.3) is 0 Å². The van der Waals surface area contributed by atoms with Crippen LogP contribution in [0.3, 0.4) is 0 Å². The molecule has 0 aliphatic rings. The van der Waals surface area contributed by atoms with Gasteiger partial charge in [0.2, 0.25) is 11.8 Å². The zero-order valence-corrected chi connectivity index (χ0v) is 12.5. The number of hydrogen-bond acceptors (Lipinski definition) is 4. The van der Waals surface area contributed by atoms with Crippen molar-refractivity contribution in [2.75, 3.05) is 18.5 Å². The Morgan fingerprint density at radius 2 is 1.86 bits per heavy atom. The van der Waals surface area contributed by atoms with Gasteiger partial charge in [-0.25, -0.2) is 4.98 Å². The number of hydrogen-bond donors (Lipinski definition) is 1. The molecular weight excluding hydrogens is 283 g/mol. The third kappa shape index (κ3) is 6.64. The van der Waals surface area contributed by atoms with E-state index in [0.29, 0.717) is 13.2 Å². The first-order chi connectivity index (χ1) is 9.97. The summed E-state index contributed by atoms with van der Waals surface area (Å²) in [4.78, 5) is 7.43. The van der Waals surface area contributed by atoms with Gasteiger partial charge in [0.15, 0.2) is 5.69 Å². The minimum absolute atomic E-state index is 0.0348. The summed E-state index contributed by atoms with van der Waals surface area (Å²) in [5, 5.41) is 2.76. The Labute approximate surface area is 123 Å². The number of nitrogens with one attached hydrogen (secondary N) is 1.